The van der Waals surface area contributed by atoms with Crippen LogP contribution in [0.3, 0.4) is 0 Å². The topological polar surface area (TPSA) is 73.3 Å². The third-order valence-corrected chi connectivity index (χ3v) is 6.59. The van der Waals surface area contributed by atoms with E-state index in [2.05, 4.69) is 26.1 Å². The summed E-state index contributed by atoms with van der Waals surface area (Å²) >= 11 is 3.15. The summed E-state index contributed by atoms with van der Waals surface area (Å²) in [5.41, 5.74) is 1.89. The molecule has 4 rings (SSSR count). The summed E-state index contributed by atoms with van der Waals surface area (Å²) in [5, 5.41) is 4.87. The molecule has 1 N–H and O–H groups in total. The number of aromatic nitrogens is 2. The average Bonchev–Trinajstić information content (AvgIpc) is 3.24. The number of rotatable bonds is 6. The van der Waals surface area contributed by atoms with E-state index in [-0.39, 0.29) is 18.5 Å². The number of ether oxygens (including phenoxy) is 2. The molecule has 1 aliphatic rings. The zero-order valence-electron chi connectivity index (χ0n) is 16.0. The van der Waals surface area contributed by atoms with Crippen molar-refractivity contribution < 1.29 is 14.3 Å². The zero-order valence-corrected chi connectivity index (χ0v) is 17.6. The molecular formula is C20H21N3O3S2. The highest BCUT2D eigenvalue weighted by atomic mass is 32.2. The molecule has 1 aromatic carbocycles. The SMILES string of the molecule is CCCc1nc(SCC(=O)Nc2ccc3c(c2)OCO3)c2c(C)c(C)sc2n1. The van der Waals surface area contributed by atoms with Crippen LogP contribution in [-0.2, 0) is 11.2 Å². The summed E-state index contributed by atoms with van der Waals surface area (Å²) < 4.78 is 10.7. The number of benzene rings is 1. The molecule has 0 spiro atoms. The Morgan fingerprint density at radius 1 is 1.25 bits per heavy atom. The molecule has 0 radical (unpaired) electrons. The van der Waals surface area contributed by atoms with Crippen molar-refractivity contribution in [2.75, 3.05) is 17.9 Å². The molecule has 0 saturated heterocycles. The van der Waals surface area contributed by atoms with Crippen molar-refractivity contribution in [3.05, 3.63) is 34.5 Å². The van der Waals surface area contributed by atoms with Gasteiger partial charge in [0.15, 0.2) is 11.5 Å². The van der Waals surface area contributed by atoms with E-state index in [1.807, 2.05) is 6.07 Å². The fourth-order valence-electron chi connectivity index (χ4n) is 3.00. The average molecular weight is 416 g/mol. The molecule has 1 amide bonds. The summed E-state index contributed by atoms with van der Waals surface area (Å²) in [6.07, 6.45) is 1.83. The van der Waals surface area contributed by atoms with Crippen molar-refractivity contribution in [1.82, 2.24) is 9.97 Å². The number of thiophene rings is 1. The van der Waals surface area contributed by atoms with Gasteiger partial charge in [0.05, 0.1) is 5.75 Å². The first-order valence-electron chi connectivity index (χ1n) is 9.14. The van der Waals surface area contributed by atoms with Gasteiger partial charge in [0.2, 0.25) is 12.7 Å². The number of carbonyl (C=O) groups is 1. The molecule has 6 nitrogen and oxygen atoms in total. The van der Waals surface area contributed by atoms with Gasteiger partial charge in [0.1, 0.15) is 15.7 Å². The number of nitrogens with one attached hydrogen (secondary N) is 1. The Kier molecular flexibility index (Phi) is 5.41. The lowest BCUT2D eigenvalue weighted by atomic mass is 10.2. The molecule has 1 aliphatic heterocycles. The highest BCUT2D eigenvalue weighted by Crippen LogP contribution is 2.36. The van der Waals surface area contributed by atoms with E-state index in [0.717, 1.165) is 33.9 Å². The molecule has 3 aromatic rings. The Balaban J connectivity index is 1.50. The molecule has 3 heterocycles. The summed E-state index contributed by atoms with van der Waals surface area (Å²) in [5.74, 6) is 2.38. The van der Waals surface area contributed by atoms with Crippen LogP contribution in [0, 0.1) is 13.8 Å². The first-order valence-corrected chi connectivity index (χ1v) is 10.9. The van der Waals surface area contributed by atoms with Crippen molar-refractivity contribution in [1.29, 1.82) is 0 Å². The van der Waals surface area contributed by atoms with Gasteiger partial charge in [-0.1, -0.05) is 18.7 Å². The molecule has 8 heteroatoms. The van der Waals surface area contributed by atoms with Crippen molar-refractivity contribution in [2.45, 2.75) is 38.6 Å². The third kappa shape index (κ3) is 3.79. The second kappa shape index (κ2) is 7.97. The van der Waals surface area contributed by atoms with Crippen molar-refractivity contribution >= 4 is 44.9 Å². The van der Waals surface area contributed by atoms with Crippen LogP contribution >= 0.6 is 23.1 Å². The molecule has 2 aromatic heterocycles. The Morgan fingerprint density at radius 3 is 2.89 bits per heavy atom. The second-order valence-electron chi connectivity index (χ2n) is 6.56. The maximum Gasteiger partial charge on any atom is 0.234 e. The lowest BCUT2D eigenvalue weighted by molar-refractivity contribution is -0.113. The van der Waals surface area contributed by atoms with Crippen LogP contribution in [0.25, 0.3) is 10.2 Å². The largest absolute Gasteiger partial charge is 0.454 e. The minimum absolute atomic E-state index is 0.0859. The third-order valence-electron chi connectivity index (χ3n) is 4.51. The van der Waals surface area contributed by atoms with Gasteiger partial charge in [-0.3, -0.25) is 4.79 Å². The van der Waals surface area contributed by atoms with E-state index >= 15 is 0 Å². The van der Waals surface area contributed by atoms with Crippen LogP contribution < -0.4 is 14.8 Å². The van der Waals surface area contributed by atoms with Crippen LogP contribution in [0.5, 0.6) is 11.5 Å². The minimum atomic E-state index is -0.0859. The molecule has 0 unspecified atom stereocenters. The molecule has 0 bridgehead atoms. The fraction of sp³-hybridized carbons (Fsp3) is 0.350. The van der Waals surface area contributed by atoms with Gasteiger partial charge < -0.3 is 14.8 Å². The zero-order chi connectivity index (χ0) is 19.7. The highest BCUT2D eigenvalue weighted by molar-refractivity contribution is 8.00. The summed E-state index contributed by atoms with van der Waals surface area (Å²) in [7, 11) is 0. The second-order valence-corrected chi connectivity index (χ2v) is 8.73. The quantitative estimate of drug-likeness (QED) is 0.464. The smallest absolute Gasteiger partial charge is 0.234 e. The van der Waals surface area contributed by atoms with Gasteiger partial charge >= 0.3 is 0 Å². The van der Waals surface area contributed by atoms with E-state index in [1.54, 1.807) is 23.5 Å². The Hall–Kier alpha value is -2.32. The van der Waals surface area contributed by atoms with Crippen molar-refractivity contribution in [2.24, 2.45) is 0 Å². The molecule has 28 heavy (non-hydrogen) atoms. The lowest BCUT2D eigenvalue weighted by Crippen LogP contribution is -2.14. The Morgan fingerprint density at radius 2 is 2.07 bits per heavy atom. The minimum Gasteiger partial charge on any atom is -0.454 e. The molecule has 0 fully saturated rings. The first-order chi connectivity index (χ1) is 13.5. The predicted molar refractivity (Wildman–Crippen MR) is 113 cm³/mol. The van der Waals surface area contributed by atoms with Gasteiger partial charge in [-0.2, -0.15) is 0 Å². The van der Waals surface area contributed by atoms with Crippen molar-refractivity contribution in [3.8, 4) is 11.5 Å². The standard InChI is InChI=1S/C20H21N3O3S2/c1-4-5-16-22-19(18-11(2)12(3)28-20(18)23-16)27-9-17(24)21-13-6-7-14-15(8-13)26-10-25-14/h6-8H,4-5,9-10H2,1-3H3,(H,21,24). The monoisotopic (exact) mass is 415 g/mol. The molecule has 0 saturated carbocycles. The maximum absolute atomic E-state index is 12.5. The van der Waals surface area contributed by atoms with Crippen molar-refractivity contribution in [3.63, 3.8) is 0 Å². The predicted octanol–water partition coefficient (Wildman–Crippen LogP) is 4.72. The van der Waals surface area contributed by atoms with Crippen LogP contribution in [0.15, 0.2) is 23.2 Å². The van der Waals surface area contributed by atoms with Gasteiger partial charge in [0.25, 0.3) is 0 Å². The number of aryl methyl sites for hydroxylation is 3. The van der Waals surface area contributed by atoms with Crippen LogP contribution in [-0.4, -0.2) is 28.4 Å². The van der Waals surface area contributed by atoms with Gasteiger partial charge in [-0.05, 0) is 38.0 Å². The molecule has 0 aliphatic carbocycles. The molecular weight excluding hydrogens is 394 g/mol. The number of anilines is 1. The van der Waals surface area contributed by atoms with E-state index < -0.39 is 0 Å². The van der Waals surface area contributed by atoms with E-state index in [9.17, 15) is 4.79 Å². The lowest BCUT2D eigenvalue weighted by Gasteiger charge is -2.08. The number of hydrogen-bond donors (Lipinski definition) is 1. The molecule has 146 valence electrons. The van der Waals surface area contributed by atoms with Gasteiger partial charge in [0, 0.05) is 28.4 Å². The number of fused-ring (bicyclic) bond motifs is 2. The number of carbonyl (C=O) groups excluding carboxylic acids is 1. The number of hydrogen-bond acceptors (Lipinski definition) is 7. The number of thioether (sulfide) groups is 1. The van der Waals surface area contributed by atoms with E-state index in [4.69, 9.17) is 19.4 Å². The van der Waals surface area contributed by atoms with Crippen LogP contribution in [0.1, 0.15) is 29.6 Å². The van der Waals surface area contributed by atoms with E-state index in [0.29, 0.717) is 17.2 Å². The summed E-state index contributed by atoms with van der Waals surface area (Å²) in [6, 6.07) is 5.39. The van der Waals surface area contributed by atoms with E-state index in [1.165, 1.54) is 22.2 Å². The summed E-state index contributed by atoms with van der Waals surface area (Å²) in [6.45, 7) is 6.52. The summed E-state index contributed by atoms with van der Waals surface area (Å²) in [4.78, 5) is 24.2. The van der Waals surface area contributed by atoms with Crippen LogP contribution in [0.2, 0.25) is 0 Å². The number of nitrogens with zero attached hydrogens (tertiary/aromatic N) is 2. The fourth-order valence-corrected chi connectivity index (χ4v) is 5.02. The molecule has 0 atom stereocenters. The Labute approximate surface area is 171 Å². The maximum atomic E-state index is 12.5. The normalized spacial score (nSPS) is 12.5. The van der Waals surface area contributed by atoms with Gasteiger partial charge in [-0.25, -0.2) is 9.97 Å². The first kappa shape index (κ1) is 19.0. The van der Waals surface area contributed by atoms with Gasteiger partial charge in [-0.15, -0.1) is 11.3 Å². The Bertz CT molecular complexity index is 1050. The number of amides is 1. The highest BCUT2D eigenvalue weighted by Gasteiger charge is 2.17. The van der Waals surface area contributed by atoms with Crippen LogP contribution in [0.4, 0.5) is 5.69 Å².